The Morgan fingerprint density at radius 3 is 2.81 bits per heavy atom. The highest BCUT2D eigenvalue weighted by molar-refractivity contribution is 5.76. The molecule has 0 unspecified atom stereocenters. The Morgan fingerprint density at radius 2 is 2.38 bits per heavy atom. The molecule has 2 atom stereocenters. The Morgan fingerprint density at radius 1 is 1.69 bits per heavy atom. The topological polar surface area (TPSA) is 63.5 Å². The molecule has 1 aromatic rings. The summed E-state index contributed by atoms with van der Waals surface area (Å²) in [6.07, 6.45) is 3.09. The van der Waals surface area contributed by atoms with Gasteiger partial charge in [0, 0.05) is 26.0 Å². The number of hydrogen-bond acceptors (Lipinski definition) is 4. The van der Waals surface area contributed by atoms with Gasteiger partial charge in [0.1, 0.15) is 6.04 Å². The molecule has 5 heteroatoms. The lowest BCUT2D eigenvalue weighted by molar-refractivity contribution is -0.145. The Balaban J connectivity index is 2.53. The van der Waals surface area contributed by atoms with Crippen molar-refractivity contribution in [1.29, 1.82) is 0 Å². The fraction of sp³-hybridized carbons (Fsp3) is 0.545. The number of aliphatic hydroxyl groups excluding tert-OH is 1. The third-order valence-corrected chi connectivity index (χ3v) is 2.36. The molecule has 16 heavy (non-hydrogen) atoms. The van der Waals surface area contributed by atoms with E-state index in [1.54, 1.807) is 6.92 Å². The van der Waals surface area contributed by atoms with E-state index in [9.17, 15) is 9.90 Å². The summed E-state index contributed by atoms with van der Waals surface area (Å²) in [6.45, 7) is 2.07. The monoisotopic (exact) mass is 226 g/mol. The Bertz CT molecular complexity index is 347. The quantitative estimate of drug-likeness (QED) is 0.696. The standard InChI is InChI=1S/C11H18N2O3/c1-8(14)10(11(15)16-3)12-6-9-4-5-13(2)7-9/h4-5,7-8,10,12,14H,6H2,1-3H3/t8-,10-/m0/s1. The molecular formula is C11H18N2O3. The van der Waals surface area contributed by atoms with Crippen molar-refractivity contribution < 1.29 is 14.6 Å². The maximum Gasteiger partial charge on any atom is 0.325 e. The second-order valence-corrected chi connectivity index (χ2v) is 3.81. The number of methoxy groups -OCH3 is 1. The first-order valence-corrected chi connectivity index (χ1v) is 5.14. The van der Waals surface area contributed by atoms with Gasteiger partial charge >= 0.3 is 5.97 Å². The van der Waals surface area contributed by atoms with Crippen molar-refractivity contribution in [3.05, 3.63) is 24.0 Å². The molecule has 0 aliphatic carbocycles. The maximum absolute atomic E-state index is 11.3. The number of aryl methyl sites for hydroxylation is 1. The van der Waals surface area contributed by atoms with E-state index in [1.807, 2.05) is 30.1 Å². The van der Waals surface area contributed by atoms with Crippen LogP contribution < -0.4 is 5.32 Å². The van der Waals surface area contributed by atoms with Crippen LogP contribution in [0.3, 0.4) is 0 Å². The van der Waals surface area contributed by atoms with Gasteiger partial charge in [0.25, 0.3) is 0 Å². The first-order valence-electron chi connectivity index (χ1n) is 5.14. The van der Waals surface area contributed by atoms with Crippen molar-refractivity contribution in [2.75, 3.05) is 7.11 Å². The summed E-state index contributed by atoms with van der Waals surface area (Å²) in [7, 11) is 3.23. The van der Waals surface area contributed by atoms with Crippen LogP contribution >= 0.6 is 0 Å². The highest BCUT2D eigenvalue weighted by Gasteiger charge is 2.23. The zero-order valence-electron chi connectivity index (χ0n) is 9.80. The maximum atomic E-state index is 11.3. The molecule has 1 heterocycles. The summed E-state index contributed by atoms with van der Waals surface area (Å²) in [5, 5.41) is 12.4. The lowest BCUT2D eigenvalue weighted by atomic mass is 10.2. The van der Waals surface area contributed by atoms with Gasteiger partial charge in [-0.3, -0.25) is 10.1 Å². The molecule has 1 rings (SSSR count). The van der Waals surface area contributed by atoms with Crippen LogP contribution in [0.25, 0.3) is 0 Å². The molecule has 0 aromatic carbocycles. The number of aliphatic hydroxyl groups is 1. The van der Waals surface area contributed by atoms with Gasteiger partial charge in [-0.15, -0.1) is 0 Å². The van der Waals surface area contributed by atoms with Gasteiger partial charge in [-0.1, -0.05) is 0 Å². The molecule has 0 aliphatic rings. The van der Waals surface area contributed by atoms with E-state index in [1.165, 1.54) is 7.11 Å². The summed E-state index contributed by atoms with van der Waals surface area (Å²) in [4.78, 5) is 11.3. The first-order chi connectivity index (χ1) is 7.54. The number of carbonyl (C=O) groups is 1. The van der Waals surface area contributed by atoms with E-state index in [4.69, 9.17) is 0 Å². The normalized spacial score (nSPS) is 14.5. The fourth-order valence-electron chi connectivity index (χ4n) is 1.47. The fourth-order valence-corrected chi connectivity index (χ4v) is 1.47. The average Bonchev–Trinajstić information content (AvgIpc) is 2.63. The molecule has 0 saturated carbocycles. The van der Waals surface area contributed by atoms with Gasteiger partial charge in [0.15, 0.2) is 0 Å². The number of esters is 1. The smallest absolute Gasteiger partial charge is 0.325 e. The van der Waals surface area contributed by atoms with E-state index in [2.05, 4.69) is 10.1 Å². The molecule has 2 N–H and O–H groups in total. The second-order valence-electron chi connectivity index (χ2n) is 3.81. The van der Waals surface area contributed by atoms with Crippen LogP contribution in [0.4, 0.5) is 0 Å². The van der Waals surface area contributed by atoms with Crippen LogP contribution in [-0.2, 0) is 23.1 Å². The van der Waals surface area contributed by atoms with Crippen molar-refractivity contribution in [3.8, 4) is 0 Å². The van der Waals surface area contributed by atoms with E-state index >= 15 is 0 Å². The summed E-state index contributed by atoms with van der Waals surface area (Å²) in [6, 6.07) is 1.26. The first kappa shape index (κ1) is 12.7. The predicted octanol–water partition coefficient (Wildman–Crippen LogP) is 0.0371. The molecule has 0 radical (unpaired) electrons. The number of rotatable bonds is 5. The van der Waals surface area contributed by atoms with Crippen LogP contribution in [-0.4, -0.2) is 34.9 Å². The Hall–Kier alpha value is -1.33. The van der Waals surface area contributed by atoms with Crippen molar-refractivity contribution in [2.24, 2.45) is 7.05 Å². The van der Waals surface area contributed by atoms with Gasteiger partial charge in [-0.25, -0.2) is 0 Å². The Labute approximate surface area is 95.0 Å². The zero-order valence-corrected chi connectivity index (χ0v) is 9.80. The molecule has 0 saturated heterocycles. The molecule has 0 bridgehead atoms. The molecule has 0 spiro atoms. The van der Waals surface area contributed by atoms with Crippen molar-refractivity contribution >= 4 is 5.97 Å². The number of nitrogens with zero attached hydrogens (tertiary/aromatic N) is 1. The van der Waals surface area contributed by atoms with E-state index in [0.29, 0.717) is 6.54 Å². The SMILES string of the molecule is COC(=O)[C@@H](NCc1ccn(C)c1)[C@H](C)O. The minimum atomic E-state index is -0.781. The molecule has 90 valence electrons. The largest absolute Gasteiger partial charge is 0.468 e. The number of nitrogens with one attached hydrogen (secondary N) is 1. The summed E-state index contributed by atoms with van der Waals surface area (Å²) >= 11 is 0. The van der Waals surface area contributed by atoms with Crippen molar-refractivity contribution in [3.63, 3.8) is 0 Å². The van der Waals surface area contributed by atoms with Gasteiger partial charge < -0.3 is 14.4 Å². The third kappa shape index (κ3) is 3.36. The van der Waals surface area contributed by atoms with Crippen LogP contribution in [0.1, 0.15) is 12.5 Å². The van der Waals surface area contributed by atoms with Crippen LogP contribution in [0.15, 0.2) is 18.5 Å². The van der Waals surface area contributed by atoms with Crippen molar-refractivity contribution in [1.82, 2.24) is 9.88 Å². The minimum Gasteiger partial charge on any atom is -0.468 e. The number of ether oxygens (including phenoxy) is 1. The highest BCUT2D eigenvalue weighted by atomic mass is 16.5. The molecule has 1 aromatic heterocycles. The zero-order chi connectivity index (χ0) is 12.1. The van der Waals surface area contributed by atoms with Gasteiger partial charge in [-0.05, 0) is 18.6 Å². The lowest BCUT2D eigenvalue weighted by Crippen LogP contribution is -2.45. The van der Waals surface area contributed by atoms with Crippen LogP contribution in [0, 0.1) is 0 Å². The summed E-state index contributed by atoms with van der Waals surface area (Å²) in [5.41, 5.74) is 1.05. The summed E-state index contributed by atoms with van der Waals surface area (Å²) in [5.74, 6) is -0.453. The molecular weight excluding hydrogens is 208 g/mol. The number of carbonyl (C=O) groups excluding carboxylic acids is 1. The third-order valence-electron chi connectivity index (χ3n) is 2.36. The van der Waals surface area contributed by atoms with Crippen LogP contribution in [0.5, 0.6) is 0 Å². The minimum absolute atomic E-state index is 0.453. The summed E-state index contributed by atoms with van der Waals surface area (Å²) < 4.78 is 6.52. The second kappa shape index (κ2) is 5.67. The van der Waals surface area contributed by atoms with E-state index in [0.717, 1.165) is 5.56 Å². The van der Waals surface area contributed by atoms with Gasteiger partial charge in [-0.2, -0.15) is 0 Å². The van der Waals surface area contributed by atoms with Gasteiger partial charge in [0.05, 0.1) is 13.2 Å². The lowest BCUT2D eigenvalue weighted by Gasteiger charge is -2.18. The Kier molecular flexibility index (Phi) is 4.52. The van der Waals surface area contributed by atoms with E-state index in [-0.39, 0.29) is 0 Å². The predicted molar refractivity (Wildman–Crippen MR) is 59.7 cm³/mol. The van der Waals surface area contributed by atoms with Crippen molar-refractivity contribution in [2.45, 2.75) is 25.6 Å². The molecule has 5 nitrogen and oxygen atoms in total. The van der Waals surface area contributed by atoms with Gasteiger partial charge in [0.2, 0.25) is 0 Å². The highest BCUT2D eigenvalue weighted by Crippen LogP contribution is 2.02. The number of hydrogen-bond donors (Lipinski definition) is 2. The van der Waals surface area contributed by atoms with Crippen LogP contribution in [0.2, 0.25) is 0 Å². The molecule has 0 fully saturated rings. The number of aromatic nitrogens is 1. The molecule has 0 amide bonds. The average molecular weight is 226 g/mol. The van der Waals surface area contributed by atoms with E-state index < -0.39 is 18.1 Å². The molecule has 0 aliphatic heterocycles.